The van der Waals surface area contributed by atoms with E-state index in [1.807, 2.05) is 6.92 Å². The predicted molar refractivity (Wildman–Crippen MR) is 86.5 cm³/mol. The molecule has 0 radical (unpaired) electrons. The molecule has 0 aliphatic carbocycles. The van der Waals surface area contributed by atoms with Crippen LogP contribution in [0.25, 0.3) is 0 Å². The first kappa shape index (κ1) is 14.6. The van der Waals surface area contributed by atoms with Gasteiger partial charge in [0, 0.05) is 30.1 Å². The fourth-order valence-corrected chi connectivity index (χ4v) is 3.50. The van der Waals surface area contributed by atoms with Gasteiger partial charge in [-0.3, -0.25) is 0 Å². The molecule has 2 unspecified atom stereocenters. The fraction of sp³-hybridized carbons (Fsp3) is 0.750. The molecular formula is C16H27N5. The Kier molecular flexibility index (Phi) is 4.02. The highest BCUT2D eigenvalue weighted by Crippen LogP contribution is 2.29. The highest BCUT2D eigenvalue weighted by molar-refractivity contribution is 5.55. The minimum Gasteiger partial charge on any atom is -0.383 e. The average molecular weight is 289 g/mol. The first-order chi connectivity index (χ1) is 10.0. The molecule has 2 fully saturated rings. The maximum atomic E-state index is 6.05. The molecule has 1 aromatic heterocycles. The van der Waals surface area contributed by atoms with Crippen LogP contribution in [-0.4, -0.2) is 40.0 Å². The van der Waals surface area contributed by atoms with Crippen LogP contribution >= 0.6 is 0 Å². The third-order valence-corrected chi connectivity index (χ3v) is 4.88. The van der Waals surface area contributed by atoms with E-state index in [-0.39, 0.29) is 0 Å². The summed E-state index contributed by atoms with van der Waals surface area (Å²) in [5.41, 5.74) is 7.03. The highest BCUT2D eigenvalue weighted by Gasteiger charge is 2.32. The molecule has 5 heteroatoms. The molecule has 0 aromatic carbocycles. The Balaban J connectivity index is 1.75. The standard InChI is InChI=1S/C16H27N5/c1-10(2)15-19-14(17)11(3)16(20-15)18-12-6-8-21-7-4-5-13(21)9-12/h10,12-13H,4-9H2,1-3H3,(H3,17,18,19,20). The van der Waals surface area contributed by atoms with Crippen molar-refractivity contribution in [2.45, 2.75) is 64.5 Å². The van der Waals surface area contributed by atoms with E-state index in [4.69, 9.17) is 10.7 Å². The van der Waals surface area contributed by atoms with Crippen molar-refractivity contribution in [3.63, 3.8) is 0 Å². The van der Waals surface area contributed by atoms with Crippen molar-refractivity contribution in [3.8, 4) is 0 Å². The molecule has 0 amide bonds. The summed E-state index contributed by atoms with van der Waals surface area (Å²) in [5.74, 6) is 2.67. The van der Waals surface area contributed by atoms with Crippen molar-refractivity contribution in [2.24, 2.45) is 0 Å². The summed E-state index contributed by atoms with van der Waals surface area (Å²) in [6.07, 6.45) is 5.12. The second kappa shape index (κ2) is 5.79. The first-order valence-corrected chi connectivity index (χ1v) is 8.19. The van der Waals surface area contributed by atoms with Gasteiger partial charge in [0.05, 0.1) is 0 Å². The number of nitrogens with two attached hydrogens (primary N) is 1. The Morgan fingerprint density at radius 3 is 2.81 bits per heavy atom. The largest absolute Gasteiger partial charge is 0.383 e. The summed E-state index contributed by atoms with van der Waals surface area (Å²) in [6.45, 7) is 8.70. The second-order valence-electron chi connectivity index (χ2n) is 6.79. The molecule has 3 heterocycles. The van der Waals surface area contributed by atoms with Crippen molar-refractivity contribution in [1.82, 2.24) is 14.9 Å². The van der Waals surface area contributed by atoms with Gasteiger partial charge in [0.2, 0.25) is 0 Å². The number of rotatable bonds is 3. The lowest BCUT2D eigenvalue weighted by molar-refractivity contribution is 0.188. The molecule has 2 aliphatic rings. The quantitative estimate of drug-likeness (QED) is 0.895. The SMILES string of the molecule is Cc1c(N)nc(C(C)C)nc1NC1CCN2CCCC2C1. The summed E-state index contributed by atoms with van der Waals surface area (Å²) < 4.78 is 0. The van der Waals surface area contributed by atoms with Gasteiger partial charge in [-0.25, -0.2) is 9.97 Å². The van der Waals surface area contributed by atoms with Crippen LogP contribution in [0, 0.1) is 6.92 Å². The Morgan fingerprint density at radius 2 is 2.05 bits per heavy atom. The van der Waals surface area contributed by atoms with Gasteiger partial charge >= 0.3 is 0 Å². The molecule has 116 valence electrons. The van der Waals surface area contributed by atoms with Gasteiger partial charge < -0.3 is 16.0 Å². The van der Waals surface area contributed by atoms with E-state index < -0.39 is 0 Å². The molecule has 2 atom stereocenters. The van der Waals surface area contributed by atoms with Gasteiger partial charge in [0.25, 0.3) is 0 Å². The Labute approximate surface area is 127 Å². The molecule has 3 N–H and O–H groups in total. The van der Waals surface area contributed by atoms with E-state index in [0.29, 0.717) is 17.8 Å². The van der Waals surface area contributed by atoms with Crippen molar-refractivity contribution in [2.75, 3.05) is 24.1 Å². The normalized spacial score (nSPS) is 26.1. The number of fused-ring (bicyclic) bond motifs is 1. The number of aromatic nitrogens is 2. The number of nitrogens with zero attached hydrogens (tertiary/aromatic N) is 3. The smallest absolute Gasteiger partial charge is 0.135 e. The number of hydrogen-bond acceptors (Lipinski definition) is 5. The van der Waals surface area contributed by atoms with Gasteiger partial charge in [-0.15, -0.1) is 0 Å². The molecule has 5 nitrogen and oxygen atoms in total. The molecule has 2 saturated heterocycles. The molecule has 21 heavy (non-hydrogen) atoms. The molecule has 2 aliphatic heterocycles. The number of anilines is 2. The van der Waals surface area contributed by atoms with Gasteiger partial charge in [-0.1, -0.05) is 13.8 Å². The van der Waals surface area contributed by atoms with Crippen molar-refractivity contribution >= 4 is 11.6 Å². The lowest BCUT2D eigenvalue weighted by Gasteiger charge is -2.35. The van der Waals surface area contributed by atoms with Crippen molar-refractivity contribution < 1.29 is 0 Å². The monoisotopic (exact) mass is 289 g/mol. The zero-order chi connectivity index (χ0) is 15.0. The summed E-state index contributed by atoms with van der Waals surface area (Å²) in [6, 6.07) is 1.28. The van der Waals surface area contributed by atoms with Crippen LogP contribution in [0.4, 0.5) is 11.6 Å². The maximum Gasteiger partial charge on any atom is 0.135 e. The van der Waals surface area contributed by atoms with E-state index in [2.05, 4.69) is 29.0 Å². The van der Waals surface area contributed by atoms with E-state index in [1.54, 1.807) is 0 Å². The van der Waals surface area contributed by atoms with Gasteiger partial charge in [-0.2, -0.15) is 0 Å². The average Bonchev–Trinajstić information content (AvgIpc) is 2.91. The lowest BCUT2D eigenvalue weighted by atomic mass is 9.97. The van der Waals surface area contributed by atoms with Crippen LogP contribution in [-0.2, 0) is 0 Å². The van der Waals surface area contributed by atoms with E-state index in [1.165, 1.54) is 38.8 Å². The summed E-state index contributed by atoms with van der Waals surface area (Å²) >= 11 is 0. The van der Waals surface area contributed by atoms with Crippen LogP contribution in [0.1, 0.15) is 56.8 Å². The van der Waals surface area contributed by atoms with Crippen LogP contribution in [0.2, 0.25) is 0 Å². The first-order valence-electron chi connectivity index (χ1n) is 8.19. The molecule has 0 spiro atoms. The zero-order valence-electron chi connectivity index (χ0n) is 13.4. The van der Waals surface area contributed by atoms with Gasteiger partial charge in [-0.05, 0) is 39.2 Å². The number of nitrogen functional groups attached to an aromatic ring is 1. The van der Waals surface area contributed by atoms with E-state index in [9.17, 15) is 0 Å². The van der Waals surface area contributed by atoms with Gasteiger partial charge in [0.1, 0.15) is 17.5 Å². The minimum atomic E-state index is 0.296. The Bertz CT molecular complexity index is 514. The molecule has 3 rings (SSSR count). The molecule has 0 saturated carbocycles. The van der Waals surface area contributed by atoms with Crippen LogP contribution < -0.4 is 11.1 Å². The zero-order valence-corrected chi connectivity index (χ0v) is 13.4. The number of hydrogen-bond donors (Lipinski definition) is 2. The third-order valence-electron chi connectivity index (χ3n) is 4.88. The summed E-state index contributed by atoms with van der Waals surface area (Å²) in [5, 5.41) is 3.64. The second-order valence-corrected chi connectivity index (χ2v) is 6.79. The van der Waals surface area contributed by atoms with Crippen molar-refractivity contribution in [1.29, 1.82) is 0 Å². The van der Waals surface area contributed by atoms with Crippen LogP contribution in [0.3, 0.4) is 0 Å². The highest BCUT2D eigenvalue weighted by atomic mass is 15.2. The Morgan fingerprint density at radius 1 is 1.24 bits per heavy atom. The summed E-state index contributed by atoms with van der Waals surface area (Å²) in [4.78, 5) is 11.7. The van der Waals surface area contributed by atoms with Crippen LogP contribution in [0.5, 0.6) is 0 Å². The predicted octanol–water partition coefficient (Wildman–Crippen LogP) is 2.53. The topological polar surface area (TPSA) is 67.1 Å². The summed E-state index contributed by atoms with van der Waals surface area (Å²) in [7, 11) is 0. The molecular weight excluding hydrogens is 262 g/mol. The van der Waals surface area contributed by atoms with E-state index >= 15 is 0 Å². The Hall–Kier alpha value is -1.36. The number of piperidine rings is 1. The lowest BCUT2D eigenvalue weighted by Crippen LogP contribution is -2.43. The maximum absolute atomic E-state index is 6.05. The van der Waals surface area contributed by atoms with Crippen LogP contribution in [0.15, 0.2) is 0 Å². The molecule has 0 bridgehead atoms. The fourth-order valence-electron chi connectivity index (χ4n) is 3.50. The number of nitrogens with one attached hydrogen (secondary N) is 1. The van der Waals surface area contributed by atoms with E-state index in [0.717, 1.165) is 23.2 Å². The minimum absolute atomic E-state index is 0.296. The third kappa shape index (κ3) is 2.98. The van der Waals surface area contributed by atoms with Gasteiger partial charge in [0.15, 0.2) is 0 Å². The van der Waals surface area contributed by atoms with Crippen molar-refractivity contribution in [3.05, 3.63) is 11.4 Å². The molecule has 1 aromatic rings.